The lowest BCUT2D eigenvalue weighted by atomic mass is 10.2. The number of benzene rings is 1. The molecule has 6 nitrogen and oxygen atoms in total. The van der Waals surface area contributed by atoms with Gasteiger partial charge in [0, 0.05) is 39.1 Å². The molecular formula is C20H26N6. The van der Waals surface area contributed by atoms with Crippen LogP contribution in [0.3, 0.4) is 0 Å². The molecule has 0 aliphatic carbocycles. The maximum absolute atomic E-state index is 4.78. The van der Waals surface area contributed by atoms with E-state index in [1.165, 1.54) is 5.56 Å². The van der Waals surface area contributed by atoms with Crippen molar-refractivity contribution in [2.45, 2.75) is 38.8 Å². The lowest BCUT2D eigenvalue weighted by Crippen LogP contribution is -2.26. The molecule has 3 aromatic rings. The number of likely N-dealkylation sites (tertiary alicyclic amines) is 1. The van der Waals surface area contributed by atoms with Gasteiger partial charge in [0.25, 0.3) is 0 Å². The SMILES string of the molecule is CCCc1nc(N[C@H]2CCN(Cc3ccccc3)C2)c2cnn(C)c2n1. The molecule has 26 heavy (non-hydrogen) atoms. The topological polar surface area (TPSA) is 58.9 Å². The van der Waals surface area contributed by atoms with Gasteiger partial charge in [0.1, 0.15) is 11.6 Å². The highest BCUT2D eigenvalue weighted by molar-refractivity contribution is 5.86. The van der Waals surface area contributed by atoms with Gasteiger partial charge in [-0.3, -0.25) is 9.58 Å². The third kappa shape index (κ3) is 3.55. The average molecular weight is 350 g/mol. The summed E-state index contributed by atoms with van der Waals surface area (Å²) in [5, 5.41) is 9.04. The zero-order valence-corrected chi connectivity index (χ0v) is 15.5. The minimum absolute atomic E-state index is 0.409. The van der Waals surface area contributed by atoms with Gasteiger partial charge in [0.15, 0.2) is 5.65 Å². The second-order valence-corrected chi connectivity index (χ2v) is 7.09. The number of nitrogens with one attached hydrogen (secondary N) is 1. The highest BCUT2D eigenvalue weighted by Crippen LogP contribution is 2.23. The Bertz CT molecular complexity index is 873. The van der Waals surface area contributed by atoms with Crippen LogP contribution in [-0.4, -0.2) is 43.8 Å². The molecule has 6 heteroatoms. The molecule has 2 aromatic heterocycles. The van der Waals surface area contributed by atoms with Crippen LogP contribution in [0.25, 0.3) is 11.0 Å². The Kier molecular flexibility index (Phi) is 4.84. The number of anilines is 1. The van der Waals surface area contributed by atoms with Crippen molar-refractivity contribution in [1.82, 2.24) is 24.6 Å². The minimum atomic E-state index is 0.409. The normalized spacial score (nSPS) is 17.8. The Morgan fingerprint density at radius 1 is 1.19 bits per heavy atom. The average Bonchev–Trinajstić information content (AvgIpc) is 3.23. The fourth-order valence-electron chi connectivity index (χ4n) is 3.64. The Morgan fingerprint density at radius 2 is 2.04 bits per heavy atom. The molecule has 3 heterocycles. The molecule has 0 amide bonds. The van der Waals surface area contributed by atoms with E-state index in [0.29, 0.717) is 6.04 Å². The van der Waals surface area contributed by atoms with Gasteiger partial charge in [-0.2, -0.15) is 5.10 Å². The van der Waals surface area contributed by atoms with Crippen molar-refractivity contribution in [3.8, 4) is 0 Å². The summed E-state index contributed by atoms with van der Waals surface area (Å²) in [5.41, 5.74) is 2.28. The number of nitrogens with zero attached hydrogens (tertiary/aromatic N) is 5. The molecule has 1 aliphatic heterocycles. The molecule has 0 saturated carbocycles. The third-order valence-corrected chi connectivity index (χ3v) is 4.97. The first-order valence-corrected chi connectivity index (χ1v) is 9.44. The Labute approximate surface area is 154 Å². The predicted octanol–water partition coefficient (Wildman–Crippen LogP) is 3.00. The van der Waals surface area contributed by atoms with E-state index in [9.17, 15) is 0 Å². The van der Waals surface area contributed by atoms with Crippen LogP contribution < -0.4 is 5.32 Å². The molecule has 0 unspecified atom stereocenters. The standard InChI is InChI=1S/C20H26N6/c1-3-7-18-23-19(17-12-21-25(2)20(17)24-18)22-16-10-11-26(14-16)13-15-8-5-4-6-9-15/h4-6,8-9,12,16H,3,7,10-11,13-14H2,1-2H3,(H,22,23,24)/t16-/m0/s1. The van der Waals surface area contributed by atoms with Crippen molar-refractivity contribution < 1.29 is 0 Å². The summed E-state index contributed by atoms with van der Waals surface area (Å²) in [6, 6.07) is 11.1. The minimum Gasteiger partial charge on any atom is -0.365 e. The Hall–Kier alpha value is -2.47. The summed E-state index contributed by atoms with van der Waals surface area (Å²) in [5.74, 6) is 1.82. The number of aromatic nitrogens is 4. The first-order chi connectivity index (χ1) is 12.7. The van der Waals surface area contributed by atoms with Gasteiger partial charge >= 0.3 is 0 Å². The summed E-state index contributed by atoms with van der Waals surface area (Å²) in [6.07, 6.45) is 4.92. The van der Waals surface area contributed by atoms with Crippen molar-refractivity contribution in [2.24, 2.45) is 7.05 Å². The monoisotopic (exact) mass is 350 g/mol. The van der Waals surface area contributed by atoms with E-state index in [0.717, 1.165) is 61.6 Å². The van der Waals surface area contributed by atoms with Gasteiger partial charge < -0.3 is 5.32 Å². The smallest absolute Gasteiger partial charge is 0.163 e. The Balaban J connectivity index is 1.49. The van der Waals surface area contributed by atoms with Crippen molar-refractivity contribution in [2.75, 3.05) is 18.4 Å². The van der Waals surface area contributed by atoms with Gasteiger partial charge in [-0.05, 0) is 18.4 Å². The quantitative estimate of drug-likeness (QED) is 0.740. The zero-order valence-electron chi connectivity index (χ0n) is 15.5. The molecule has 1 aliphatic rings. The maximum Gasteiger partial charge on any atom is 0.163 e. The van der Waals surface area contributed by atoms with Crippen molar-refractivity contribution in [1.29, 1.82) is 0 Å². The van der Waals surface area contributed by atoms with E-state index < -0.39 is 0 Å². The molecule has 0 radical (unpaired) electrons. The molecule has 0 bridgehead atoms. The largest absolute Gasteiger partial charge is 0.365 e. The van der Waals surface area contributed by atoms with Crippen LogP contribution in [-0.2, 0) is 20.0 Å². The molecule has 1 N–H and O–H groups in total. The van der Waals surface area contributed by atoms with E-state index in [1.807, 2.05) is 17.9 Å². The van der Waals surface area contributed by atoms with E-state index in [-0.39, 0.29) is 0 Å². The van der Waals surface area contributed by atoms with Crippen LogP contribution in [0.5, 0.6) is 0 Å². The molecule has 1 saturated heterocycles. The molecular weight excluding hydrogens is 324 g/mol. The van der Waals surface area contributed by atoms with Crippen molar-refractivity contribution in [3.63, 3.8) is 0 Å². The van der Waals surface area contributed by atoms with Gasteiger partial charge in [-0.25, -0.2) is 9.97 Å². The zero-order chi connectivity index (χ0) is 17.9. The predicted molar refractivity (Wildman–Crippen MR) is 104 cm³/mol. The van der Waals surface area contributed by atoms with E-state index in [2.05, 4.69) is 57.6 Å². The van der Waals surface area contributed by atoms with Crippen molar-refractivity contribution in [3.05, 3.63) is 47.9 Å². The van der Waals surface area contributed by atoms with Crippen LogP contribution in [0.4, 0.5) is 5.82 Å². The van der Waals surface area contributed by atoms with Gasteiger partial charge in [-0.15, -0.1) is 0 Å². The fraction of sp³-hybridized carbons (Fsp3) is 0.450. The second-order valence-electron chi connectivity index (χ2n) is 7.09. The molecule has 1 fully saturated rings. The Morgan fingerprint density at radius 3 is 2.85 bits per heavy atom. The molecule has 4 rings (SSSR count). The molecule has 1 atom stereocenters. The lowest BCUT2D eigenvalue weighted by molar-refractivity contribution is 0.328. The highest BCUT2D eigenvalue weighted by atomic mass is 15.3. The van der Waals surface area contributed by atoms with Crippen LogP contribution >= 0.6 is 0 Å². The fourth-order valence-corrected chi connectivity index (χ4v) is 3.64. The molecule has 0 spiro atoms. The van der Waals surface area contributed by atoms with Crippen molar-refractivity contribution >= 4 is 16.9 Å². The number of rotatable bonds is 6. The summed E-state index contributed by atoms with van der Waals surface area (Å²) in [7, 11) is 1.94. The molecule has 1 aromatic carbocycles. The van der Waals surface area contributed by atoms with Gasteiger partial charge in [0.2, 0.25) is 0 Å². The van der Waals surface area contributed by atoms with Crippen LogP contribution in [0.1, 0.15) is 31.2 Å². The summed E-state index contributed by atoms with van der Waals surface area (Å²) >= 11 is 0. The first-order valence-electron chi connectivity index (χ1n) is 9.44. The number of aryl methyl sites for hydroxylation is 2. The summed E-state index contributed by atoms with van der Waals surface area (Å²) in [4.78, 5) is 12.0. The third-order valence-electron chi connectivity index (χ3n) is 4.97. The van der Waals surface area contributed by atoms with Gasteiger partial charge in [0.05, 0.1) is 11.6 Å². The summed E-state index contributed by atoms with van der Waals surface area (Å²) in [6.45, 7) is 5.30. The van der Waals surface area contributed by atoms with E-state index >= 15 is 0 Å². The van der Waals surface area contributed by atoms with E-state index in [1.54, 1.807) is 0 Å². The summed E-state index contributed by atoms with van der Waals surface area (Å²) < 4.78 is 1.83. The van der Waals surface area contributed by atoms with Crippen LogP contribution in [0, 0.1) is 0 Å². The number of hydrogen-bond donors (Lipinski definition) is 1. The number of fused-ring (bicyclic) bond motifs is 1. The lowest BCUT2D eigenvalue weighted by Gasteiger charge is -2.17. The van der Waals surface area contributed by atoms with Crippen LogP contribution in [0.2, 0.25) is 0 Å². The maximum atomic E-state index is 4.78. The first kappa shape index (κ1) is 17.0. The number of hydrogen-bond acceptors (Lipinski definition) is 5. The van der Waals surface area contributed by atoms with Crippen LogP contribution in [0.15, 0.2) is 36.5 Å². The van der Waals surface area contributed by atoms with Gasteiger partial charge in [-0.1, -0.05) is 37.3 Å². The van der Waals surface area contributed by atoms with E-state index in [4.69, 9.17) is 4.98 Å². The second kappa shape index (κ2) is 7.41. The highest BCUT2D eigenvalue weighted by Gasteiger charge is 2.24. The molecule has 136 valence electrons.